The van der Waals surface area contributed by atoms with Crippen LogP contribution in [0.5, 0.6) is 0 Å². The lowest BCUT2D eigenvalue weighted by Gasteiger charge is -2.37. The summed E-state index contributed by atoms with van der Waals surface area (Å²) in [6, 6.07) is 9.34. The van der Waals surface area contributed by atoms with Crippen LogP contribution in [0.15, 0.2) is 54.1 Å². The lowest BCUT2D eigenvalue weighted by Crippen LogP contribution is -2.43. The zero-order valence-corrected chi connectivity index (χ0v) is 19.7. The maximum Gasteiger partial charge on any atom is 0.212 e. The minimum Gasteiger partial charge on any atom is -0.415 e. The largest absolute Gasteiger partial charge is 0.415 e. The molecule has 2 rings (SSSR count). The smallest absolute Gasteiger partial charge is 0.212 e. The van der Waals surface area contributed by atoms with Crippen LogP contribution in [0.2, 0.25) is 18.1 Å². The summed E-state index contributed by atoms with van der Waals surface area (Å²) in [5.41, 5.74) is 2.13. The SMILES string of the molecule is CC(C)(C)[Si](C)(C)OC[C@H](NS(=O)(=O)CCC1=CCC=CC1)c1ccccc1. The first-order valence-corrected chi connectivity index (χ1v) is 14.6. The van der Waals surface area contributed by atoms with Crippen molar-refractivity contribution >= 4 is 18.3 Å². The highest BCUT2D eigenvalue weighted by Gasteiger charge is 2.38. The molecule has 1 aromatic rings. The minimum atomic E-state index is -3.41. The van der Waals surface area contributed by atoms with Gasteiger partial charge >= 0.3 is 0 Å². The van der Waals surface area contributed by atoms with Crippen LogP contribution in [0, 0.1) is 0 Å². The topological polar surface area (TPSA) is 55.4 Å². The van der Waals surface area contributed by atoms with Gasteiger partial charge in [0, 0.05) is 0 Å². The molecule has 1 aliphatic rings. The second kappa shape index (κ2) is 9.52. The summed E-state index contributed by atoms with van der Waals surface area (Å²) in [6.45, 7) is 11.3. The molecule has 28 heavy (non-hydrogen) atoms. The first-order chi connectivity index (χ1) is 13.0. The molecule has 0 aliphatic heterocycles. The van der Waals surface area contributed by atoms with Crippen molar-refractivity contribution in [2.45, 2.75) is 64.2 Å². The Morgan fingerprint density at radius 1 is 1.14 bits per heavy atom. The molecule has 0 saturated heterocycles. The molecule has 1 aliphatic carbocycles. The molecule has 0 spiro atoms. The molecule has 6 heteroatoms. The van der Waals surface area contributed by atoms with Gasteiger partial charge in [0.1, 0.15) is 0 Å². The molecule has 0 unspecified atom stereocenters. The quantitative estimate of drug-likeness (QED) is 0.433. The van der Waals surface area contributed by atoms with Gasteiger partial charge < -0.3 is 4.43 Å². The summed E-state index contributed by atoms with van der Waals surface area (Å²) in [5.74, 6) is 0.107. The highest BCUT2D eigenvalue weighted by atomic mass is 32.2. The van der Waals surface area contributed by atoms with Crippen LogP contribution in [-0.2, 0) is 14.4 Å². The van der Waals surface area contributed by atoms with E-state index in [0.717, 1.165) is 18.4 Å². The molecule has 4 nitrogen and oxygen atoms in total. The lowest BCUT2D eigenvalue weighted by molar-refractivity contribution is 0.256. The van der Waals surface area contributed by atoms with Crippen molar-refractivity contribution in [2.75, 3.05) is 12.4 Å². The van der Waals surface area contributed by atoms with Crippen molar-refractivity contribution in [2.24, 2.45) is 0 Å². The van der Waals surface area contributed by atoms with E-state index in [1.807, 2.05) is 30.3 Å². The predicted octanol–water partition coefficient (Wildman–Crippen LogP) is 5.34. The fourth-order valence-corrected chi connectivity index (χ4v) is 5.09. The van der Waals surface area contributed by atoms with Gasteiger partial charge in [0.05, 0.1) is 18.4 Å². The van der Waals surface area contributed by atoms with Crippen LogP contribution in [-0.4, -0.2) is 29.1 Å². The first kappa shape index (κ1) is 23.1. The zero-order valence-electron chi connectivity index (χ0n) is 17.9. The first-order valence-electron chi connectivity index (χ1n) is 10.0. The maximum atomic E-state index is 12.8. The summed E-state index contributed by atoms with van der Waals surface area (Å²) >= 11 is 0. The summed E-state index contributed by atoms with van der Waals surface area (Å²) in [4.78, 5) is 0. The van der Waals surface area contributed by atoms with Gasteiger partial charge in [-0.15, -0.1) is 0 Å². The van der Waals surface area contributed by atoms with Gasteiger partial charge in [0.15, 0.2) is 8.32 Å². The molecular formula is C22H35NO3SSi. The maximum absolute atomic E-state index is 12.8. The van der Waals surface area contributed by atoms with Gasteiger partial charge in [0.25, 0.3) is 0 Å². The molecule has 0 radical (unpaired) electrons. The summed E-state index contributed by atoms with van der Waals surface area (Å²) in [6.07, 6.45) is 8.67. The summed E-state index contributed by atoms with van der Waals surface area (Å²) in [5, 5.41) is 0.0775. The molecule has 0 bridgehead atoms. The van der Waals surface area contributed by atoms with Crippen LogP contribution in [0.25, 0.3) is 0 Å². The molecule has 1 atom stereocenters. The Balaban J connectivity index is 2.08. The predicted molar refractivity (Wildman–Crippen MR) is 120 cm³/mol. The molecule has 0 aromatic heterocycles. The van der Waals surface area contributed by atoms with Crippen molar-refractivity contribution in [3.8, 4) is 0 Å². The van der Waals surface area contributed by atoms with E-state index < -0.39 is 18.3 Å². The number of rotatable bonds is 9. The molecule has 0 heterocycles. The number of sulfonamides is 1. The molecule has 1 N–H and O–H groups in total. The van der Waals surface area contributed by atoms with Gasteiger partial charge in [-0.3, -0.25) is 0 Å². The van der Waals surface area contributed by atoms with Crippen molar-refractivity contribution in [1.29, 1.82) is 0 Å². The zero-order chi connectivity index (χ0) is 20.8. The number of nitrogens with one attached hydrogen (secondary N) is 1. The third kappa shape index (κ3) is 6.99. The van der Waals surface area contributed by atoms with Gasteiger partial charge in [-0.2, -0.15) is 0 Å². The average molecular weight is 422 g/mol. The van der Waals surface area contributed by atoms with Crippen LogP contribution < -0.4 is 4.72 Å². The van der Waals surface area contributed by atoms with E-state index in [-0.39, 0.29) is 16.8 Å². The van der Waals surface area contributed by atoms with E-state index in [9.17, 15) is 8.42 Å². The van der Waals surface area contributed by atoms with Crippen molar-refractivity contribution in [3.05, 3.63) is 59.7 Å². The Labute approximate surface area is 172 Å². The fourth-order valence-electron chi connectivity index (χ4n) is 2.79. The van der Waals surface area contributed by atoms with E-state index in [0.29, 0.717) is 13.0 Å². The van der Waals surface area contributed by atoms with Crippen LogP contribution in [0.4, 0.5) is 0 Å². The highest BCUT2D eigenvalue weighted by molar-refractivity contribution is 7.89. The molecule has 0 fully saturated rings. The van der Waals surface area contributed by atoms with Crippen LogP contribution in [0.3, 0.4) is 0 Å². The van der Waals surface area contributed by atoms with E-state index in [1.165, 1.54) is 5.57 Å². The molecule has 156 valence electrons. The average Bonchev–Trinajstić information content (AvgIpc) is 2.64. The molecule has 0 saturated carbocycles. The Bertz CT molecular complexity index is 793. The Hall–Kier alpha value is -1.21. The van der Waals surface area contributed by atoms with Crippen molar-refractivity contribution in [3.63, 3.8) is 0 Å². The third-order valence-corrected chi connectivity index (χ3v) is 11.6. The fraction of sp³-hybridized carbons (Fsp3) is 0.545. The minimum absolute atomic E-state index is 0.0775. The van der Waals surface area contributed by atoms with Crippen molar-refractivity contribution in [1.82, 2.24) is 4.72 Å². The Morgan fingerprint density at radius 2 is 1.82 bits per heavy atom. The monoisotopic (exact) mass is 421 g/mol. The number of hydrogen-bond donors (Lipinski definition) is 1. The van der Waals surface area contributed by atoms with Gasteiger partial charge in [-0.05, 0) is 43.0 Å². The molecule has 1 aromatic carbocycles. The highest BCUT2D eigenvalue weighted by Crippen LogP contribution is 2.37. The van der Waals surface area contributed by atoms with E-state index in [2.05, 4.69) is 56.8 Å². The molecular weight excluding hydrogens is 386 g/mol. The second-order valence-electron chi connectivity index (χ2n) is 8.99. The van der Waals surface area contributed by atoms with Gasteiger partial charge in [-0.25, -0.2) is 13.1 Å². The van der Waals surface area contributed by atoms with E-state index >= 15 is 0 Å². The van der Waals surface area contributed by atoms with E-state index in [4.69, 9.17) is 4.43 Å². The third-order valence-electron chi connectivity index (χ3n) is 5.72. The standard InChI is InChI=1S/C22H35NO3SSi/c1-22(2,3)28(4,5)26-18-21(20-14-10-7-11-15-20)23-27(24,25)17-16-19-12-8-6-9-13-19/h6-8,10-11,13-15,21,23H,9,12,16-18H2,1-5H3/t21-/m0/s1. The van der Waals surface area contributed by atoms with Gasteiger partial charge in [0.2, 0.25) is 10.0 Å². The summed E-state index contributed by atoms with van der Waals surface area (Å²) < 4.78 is 34.8. The normalized spacial score (nSPS) is 16.7. The molecule has 0 amide bonds. The number of benzene rings is 1. The second-order valence-corrected chi connectivity index (χ2v) is 15.7. The number of allylic oxidation sites excluding steroid dienone is 4. The lowest BCUT2D eigenvalue weighted by atomic mass is 10.0. The Kier molecular flexibility index (Phi) is 7.85. The number of hydrogen-bond acceptors (Lipinski definition) is 3. The van der Waals surface area contributed by atoms with E-state index in [1.54, 1.807) is 0 Å². The van der Waals surface area contributed by atoms with Crippen LogP contribution in [0.1, 0.15) is 51.6 Å². The van der Waals surface area contributed by atoms with Gasteiger partial charge in [-0.1, -0.05) is 74.9 Å². The summed E-state index contributed by atoms with van der Waals surface area (Å²) in [7, 11) is -5.38. The van der Waals surface area contributed by atoms with Crippen LogP contribution >= 0.6 is 0 Å². The Morgan fingerprint density at radius 3 is 2.39 bits per heavy atom. The van der Waals surface area contributed by atoms with Crippen molar-refractivity contribution < 1.29 is 12.8 Å².